The number of ether oxygens (including phenoxy) is 12. The second kappa shape index (κ2) is 18.2. The minimum absolute atomic E-state index is 0.151. The van der Waals surface area contributed by atoms with E-state index in [9.17, 15) is 0 Å². The third-order valence-electron chi connectivity index (χ3n) is 18.4. The average Bonchev–Trinajstić information content (AvgIpc) is 3.51. The highest BCUT2D eigenvalue weighted by Crippen LogP contribution is 2.69. The van der Waals surface area contributed by atoms with Gasteiger partial charge in [-0.1, -0.05) is 0 Å². The van der Waals surface area contributed by atoms with Gasteiger partial charge in [-0.25, -0.2) is 19.9 Å². The van der Waals surface area contributed by atoms with Crippen LogP contribution in [0.1, 0.15) is 99.3 Å². The van der Waals surface area contributed by atoms with Gasteiger partial charge in [0, 0.05) is 0 Å². The molecular weight excluding hydrogens is 969 g/mol. The number of benzene rings is 4. The van der Waals surface area contributed by atoms with Gasteiger partial charge in [-0.15, -0.1) is 0 Å². The summed E-state index contributed by atoms with van der Waals surface area (Å²) >= 11 is 0. The van der Waals surface area contributed by atoms with E-state index in [0.717, 1.165) is 86.5 Å². The van der Waals surface area contributed by atoms with Crippen LogP contribution < -0.4 is 56.8 Å². The van der Waals surface area contributed by atoms with E-state index in [2.05, 4.69) is 68.5 Å². The van der Waals surface area contributed by atoms with E-state index >= 15 is 0 Å². The molecule has 16 aliphatic heterocycles. The van der Waals surface area contributed by atoms with Gasteiger partial charge in [0.2, 0.25) is 46.5 Å². The Morgan fingerprint density at radius 2 is 0.500 bits per heavy atom. The maximum absolute atomic E-state index is 6.50. The topological polar surface area (TPSA) is 162 Å². The van der Waals surface area contributed by atoms with Crippen molar-refractivity contribution in [3.05, 3.63) is 95.6 Å². The van der Waals surface area contributed by atoms with E-state index in [0.29, 0.717) is 92.7 Å². The zero-order valence-electron chi connectivity index (χ0n) is 44.4. The van der Waals surface area contributed by atoms with Crippen molar-refractivity contribution < 1.29 is 56.8 Å². The Kier molecular flexibility index (Phi) is 11.5. The van der Waals surface area contributed by atoms with Crippen LogP contribution in [-0.2, 0) is 21.7 Å². The maximum atomic E-state index is 6.50. The molecule has 8 fully saturated rings. The number of hydrogen-bond acceptors (Lipinski definition) is 16. The molecule has 0 unspecified atom stereocenters. The van der Waals surface area contributed by atoms with E-state index in [1.807, 2.05) is 0 Å². The Bertz CT molecular complexity index is 2690. The van der Waals surface area contributed by atoms with Gasteiger partial charge < -0.3 is 56.8 Å². The fraction of sp³-hybridized carbons (Fsp3) is 0.467. The van der Waals surface area contributed by atoms with Gasteiger partial charge in [0.1, 0.15) is 0 Å². The first-order chi connectivity index (χ1) is 36.9. The molecular formula is C60H64N4O12. The first-order valence-corrected chi connectivity index (χ1v) is 26.4. The third-order valence-corrected chi connectivity index (χ3v) is 18.4. The molecule has 0 saturated heterocycles. The van der Waals surface area contributed by atoms with Crippen molar-refractivity contribution >= 4 is 0 Å². The maximum Gasteiger partial charge on any atom is 0.238 e. The number of aromatic nitrogens is 4. The second-order valence-corrected chi connectivity index (χ2v) is 22.7. The van der Waals surface area contributed by atoms with Crippen LogP contribution in [0.15, 0.2) is 73.3 Å². The average molecular weight is 1030 g/mol. The molecule has 0 radical (unpaired) electrons. The Morgan fingerprint density at radius 3 is 0.658 bits per heavy atom. The van der Waals surface area contributed by atoms with Crippen LogP contribution >= 0.6 is 0 Å². The van der Waals surface area contributed by atoms with Gasteiger partial charge in [0.15, 0.2) is 46.0 Å². The van der Waals surface area contributed by atoms with Crippen LogP contribution in [0.4, 0.5) is 0 Å². The van der Waals surface area contributed by atoms with Gasteiger partial charge in [-0.2, -0.15) is 0 Å². The summed E-state index contributed by atoms with van der Waals surface area (Å²) in [4.78, 5) is 18.6. The Morgan fingerprint density at radius 1 is 0.316 bits per heavy atom. The van der Waals surface area contributed by atoms with Crippen molar-refractivity contribution in [2.45, 2.75) is 98.7 Å². The standard InChI is InChI=1S/C60H64N4O12/c1-65-41-11-37-12-42(66-2)53(41)73-49-27-62-50(28-61-49)74-54-45(69-5)15-39(16-46(54)70-6)59-23-35-10-36(24-59)26-60(25-35,32-59)40-17-47(71-7)56(48(18-40)72-8)76-52-30-63-51(29-64-52)75-55-43(67-3)13-38(14-44(55)68-4)58-21-33-9-34(22-58)20-57(37,19-33)31-58/h11-18,27-30,33-36H,9-10,19-26,31-32H2,1-8H3. The van der Waals surface area contributed by atoms with Crippen molar-refractivity contribution in [1.82, 2.24) is 19.9 Å². The van der Waals surface area contributed by atoms with Gasteiger partial charge >= 0.3 is 0 Å². The summed E-state index contributed by atoms with van der Waals surface area (Å²) in [5, 5.41) is 0. The number of rotatable bonds is 8. The molecule has 16 nitrogen and oxygen atoms in total. The molecule has 24 aliphatic rings. The van der Waals surface area contributed by atoms with Crippen LogP contribution in [0.2, 0.25) is 0 Å². The van der Waals surface area contributed by atoms with E-state index in [1.54, 1.807) is 56.9 Å². The smallest absolute Gasteiger partial charge is 0.238 e. The molecule has 6 aromatic rings. The second-order valence-electron chi connectivity index (χ2n) is 22.7. The SMILES string of the molecule is COc1cc2cc(OC)c1Oc1cnc(cn1)Oc1c(OC)cc(cc1OC)C13CC4CC(C1)CC(C4)(C3)c1cc(OC)c(c(OC)c1)Oc1cnc(cn1)Oc1c(OC)cc(cc1OC)C13CC4CC(CC2(C4)C1)C3. The Hall–Kier alpha value is -7.36. The molecule has 0 amide bonds. The monoisotopic (exact) mass is 1030 g/mol. The quantitative estimate of drug-likeness (QED) is 0.141. The first kappa shape index (κ1) is 48.3. The molecule has 396 valence electrons. The van der Waals surface area contributed by atoms with E-state index in [4.69, 9.17) is 56.8 Å². The minimum Gasteiger partial charge on any atom is -0.493 e. The fourth-order valence-electron chi connectivity index (χ4n) is 16.3. The zero-order valence-corrected chi connectivity index (χ0v) is 44.4. The van der Waals surface area contributed by atoms with Crippen molar-refractivity contribution in [2.24, 2.45) is 23.7 Å². The largest absolute Gasteiger partial charge is 0.493 e. The molecule has 2 aromatic heterocycles. The molecule has 18 heterocycles. The lowest BCUT2D eigenvalue weighted by Crippen LogP contribution is -2.56. The first-order valence-electron chi connectivity index (χ1n) is 26.4. The Balaban J connectivity index is 0.923. The number of nitrogens with zero attached hydrogens (tertiary/aromatic N) is 4. The van der Waals surface area contributed by atoms with E-state index < -0.39 is 0 Å². The third kappa shape index (κ3) is 7.74. The molecule has 8 aliphatic carbocycles. The molecule has 4 spiro atoms. The summed E-state index contributed by atoms with van der Waals surface area (Å²) in [6.07, 6.45) is 18.8. The predicted molar refractivity (Wildman–Crippen MR) is 279 cm³/mol. The lowest BCUT2D eigenvalue weighted by molar-refractivity contribution is -0.0285. The van der Waals surface area contributed by atoms with Crippen molar-refractivity contribution in [3.63, 3.8) is 0 Å². The van der Waals surface area contributed by atoms with Gasteiger partial charge in [-0.05, 0) is 193 Å². The predicted octanol–water partition coefficient (Wildman–Crippen LogP) is 12.4. The van der Waals surface area contributed by atoms with E-state index in [-0.39, 0.29) is 45.2 Å². The summed E-state index contributed by atoms with van der Waals surface area (Å²) in [5.41, 5.74) is 4.04. The molecule has 16 heteroatoms. The lowest BCUT2D eigenvalue weighted by Gasteiger charge is -2.63. The Labute approximate surface area is 442 Å². The van der Waals surface area contributed by atoms with Crippen LogP contribution in [-0.4, -0.2) is 76.8 Å². The summed E-state index contributed by atoms with van der Waals surface area (Å²) in [5.74, 6) is 9.02. The van der Waals surface area contributed by atoms with Crippen LogP contribution in [0.5, 0.6) is 92.5 Å². The van der Waals surface area contributed by atoms with Crippen molar-refractivity contribution in [3.8, 4) is 92.5 Å². The number of methoxy groups -OCH3 is 8. The summed E-state index contributed by atoms with van der Waals surface area (Å²) in [6, 6.07) is 17.0. The zero-order chi connectivity index (χ0) is 52.1. The highest BCUT2D eigenvalue weighted by Gasteiger charge is 2.61. The summed E-state index contributed by atoms with van der Waals surface area (Å²) in [6.45, 7) is 0. The van der Waals surface area contributed by atoms with Crippen molar-refractivity contribution in [1.29, 1.82) is 0 Å². The summed E-state index contributed by atoms with van der Waals surface area (Å²) in [7, 11) is 13.2. The molecule has 0 atom stereocenters. The molecule has 20 bridgehead atoms. The van der Waals surface area contributed by atoms with E-state index in [1.165, 1.54) is 37.6 Å². The molecule has 30 rings (SSSR count). The molecule has 0 N–H and O–H groups in total. The number of hydrogen-bond donors (Lipinski definition) is 0. The lowest BCUT2D eigenvalue weighted by atomic mass is 9.41. The normalized spacial score (nSPS) is 28.0. The van der Waals surface area contributed by atoms with Gasteiger partial charge in [-0.3, -0.25) is 0 Å². The van der Waals surface area contributed by atoms with Crippen LogP contribution in [0, 0.1) is 23.7 Å². The highest BCUT2D eigenvalue weighted by atomic mass is 16.6. The highest BCUT2D eigenvalue weighted by molar-refractivity contribution is 5.62. The minimum atomic E-state index is -0.151. The van der Waals surface area contributed by atoms with Crippen LogP contribution in [0.3, 0.4) is 0 Å². The fourth-order valence-corrected chi connectivity index (χ4v) is 16.3. The molecule has 8 saturated carbocycles. The molecule has 76 heavy (non-hydrogen) atoms. The van der Waals surface area contributed by atoms with Gasteiger partial charge in [0.05, 0.1) is 81.7 Å². The van der Waals surface area contributed by atoms with Gasteiger partial charge in [0.25, 0.3) is 0 Å². The molecule has 4 aromatic carbocycles. The van der Waals surface area contributed by atoms with Crippen molar-refractivity contribution in [2.75, 3.05) is 56.9 Å². The van der Waals surface area contributed by atoms with Crippen LogP contribution in [0.25, 0.3) is 0 Å². The summed E-state index contributed by atoms with van der Waals surface area (Å²) < 4.78 is 74.9.